The largest absolute Gasteiger partial charge is 0.354 e. The third kappa shape index (κ3) is 7.92. The Hall–Kier alpha value is -1.69. The fourth-order valence-corrected chi connectivity index (χ4v) is 3.79. The van der Waals surface area contributed by atoms with Crippen molar-refractivity contribution in [3.05, 3.63) is 64.1 Å². The smallest absolute Gasteiger partial charge is 0.242 e. The van der Waals surface area contributed by atoms with Crippen molar-refractivity contribution < 1.29 is 9.59 Å². The molecule has 0 aliphatic rings. The second kappa shape index (κ2) is 12.1. The van der Waals surface area contributed by atoms with Crippen LogP contribution in [-0.2, 0) is 16.1 Å². The number of hydrogen-bond acceptors (Lipinski definition) is 3. The van der Waals surface area contributed by atoms with Crippen molar-refractivity contribution in [1.29, 1.82) is 0 Å². The molecule has 0 aliphatic heterocycles. The number of nitrogens with one attached hydrogen (secondary N) is 1. The topological polar surface area (TPSA) is 49.4 Å². The predicted molar refractivity (Wildman–Crippen MR) is 122 cm³/mol. The van der Waals surface area contributed by atoms with Gasteiger partial charge in [-0.05, 0) is 55.3 Å². The maximum atomic E-state index is 13.0. The standard InChI is InChI=1S/C22H26Cl2N2O2S/c1-3-13-25-22(28)16(2)26(15-17-4-6-18(23)7-5-17)21(27)12-14-29-20-10-8-19(24)9-11-20/h4-11,16H,3,12-15H2,1-2H3,(H,25,28)/t16-/m1/s1. The molecule has 2 rings (SSSR count). The number of nitrogens with zero attached hydrogens (tertiary/aromatic N) is 1. The molecule has 0 unspecified atom stereocenters. The highest BCUT2D eigenvalue weighted by Crippen LogP contribution is 2.22. The van der Waals surface area contributed by atoms with Gasteiger partial charge in [0.1, 0.15) is 6.04 Å². The molecule has 1 N–H and O–H groups in total. The normalized spacial score (nSPS) is 11.7. The number of hydrogen-bond donors (Lipinski definition) is 1. The highest BCUT2D eigenvalue weighted by Gasteiger charge is 2.25. The third-order valence-corrected chi connectivity index (χ3v) is 5.90. The lowest BCUT2D eigenvalue weighted by atomic mass is 10.1. The molecule has 2 aromatic carbocycles. The lowest BCUT2D eigenvalue weighted by Gasteiger charge is -2.29. The van der Waals surface area contributed by atoms with E-state index in [0.29, 0.717) is 35.3 Å². The summed E-state index contributed by atoms with van der Waals surface area (Å²) < 4.78 is 0. The number of halogens is 2. The fourth-order valence-electron chi connectivity index (χ4n) is 2.70. The molecular formula is C22H26Cl2N2O2S. The Bertz CT molecular complexity index is 797. The van der Waals surface area contributed by atoms with Crippen LogP contribution in [0.2, 0.25) is 10.0 Å². The van der Waals surface area contributed by atoms with Crippen LogP contribution in [-0.4, -0.2) is 35.1 Å². The summed E-state index contributed by atoms with van der Waals surface area (Å²) in [5.74, 6) is 0.432. The molecule has 4 nitrogen and oxygen atoms in total. The quantitative estimate of drug-likeness (QED) is 0.489. The second-order valence-electron chi connectivity index (χ2n) is 6.67. The van der Waals surface area contributed by atoms with Crippen LogP contribution in [0.4, 0.5) is 0 Å². The zero-order chi connectivity index (χ0) is 21.2. The molecule has 7 heteroatoms. The zero-order valence-corrected chi connectivity index (χ0v) is 19.0. The van der Waals surface area contributed by atoms with E-state index in [0.717, 1.165) is 16.9 Å². The zero-order valence-electron chi connectivity index (χ0n) is 16.7. The number of carbonyl (C=O) groups is 2. The first-order valence-electron chi connectivity index (χ1n) is 9.60. The molecule has 0 spiro atoms. The van der Waals surface area contributed by atoms with Gasteiger partial charge in [-0.1, -0.05) is 42.3 Å². The Balaban J connectivity index is 2.03. The molecule has 0 heterocycles. The Morgan fingerprint density at radius 2 is 1.62 bits per heavy atom. The average molecular weight is 453 g/mol. The molecule has 0 bridgehead atoms. The van der Waals surface area contributed by atoms with Crippen molar-refractivity contribution in [3.63, 3.8) is 0 Å². The molecule has 0 saturated heterocycles. The average Bonchev–Trinajstić information content (AvgIpc) is 2.72. The molecule has 2 aromatic rings. The van der Waals surface area contributed by atoms with Crippen LogP contribution in [0, 0.1) is 0 Å². The van der Waals surface area contributed by atoms with Gasteiger partial charge in [-0.2, -0.15) is 0 Å². The molecule has 156 valence electrons. The molecule has 0 aliphatic carbocycles. The van der Waals surface area contributed by atoms with Crippen LogP contribution in [0.15, 0.2) is 53.4 Å². The van der Waals surface area contributed by atoms with Gasteiger partial charge in [0.05, 0.1) is 0 Å². The number of thioether (sulfide) groups is 1. The van der Waals surface area contributed by atoms with Crippen molar-refractivity contribution in [3.8, 4) is 0 Å². The summed E-state index contributed by atoms with van der Waals surface area (Å²) in [5, 5.41) is 4.20. The van der Waals surface area contributed by atoms with E-state index in [1.165, 1.54) is 0 Å². The number of amides is 2. The lowest BCUT2D eigenvalue weighted by molar-refractivity contribution is -0.140. The lowest BCUT2D eigenvalue weighted by Crippen LogP contribution is -2.47. The summed E-state index contributed by atoms with van der Waals surface area (Å²) in [6, 6.07) is 14.3. The van der Waals surface area contributed by atoms with E-state index in [1.807, 2.05) is 43.3 Å². The molecule has 0 aromatic heterocycles. The number of carbonyl (C=O) groups excluding carboxylic acids is 2. The summed E-state index contributed by atoms with van der Waals surface area (Å²) in [7, 11) is 0. The molecule has 0 fully saturated rings. The monoisotopic (exact) mass is 452 g/mol. The van der Waals surface area contributed by atoms with Crippen LogP contribution >= 0.6 is 35.0 Å². The van der Waals surface area contributed by atoms with Crippen molar-refractivity contribution in [2.24, 2.45) is 0 Å². The highest BCUT2D eigenvalue weighted by atomic mass is 35.5. The van der Waals surface area contributed by atoms with E-state index in [4.69, 9.17) is 23.2 Å². The van der Waals surface area contributed by atoms with E-state index in [-0.39, 0.29) is 11.8 Å². The Morgan fingerprint density at radius 1 is 1.03 bits per heavy atom. The summed E-state index contributed by atoms with van der Waals surface area (Å²) in [6.07, 6.45) is 1.19. The van der Waals surface area contributed by atoms with E-state index < -0.39 is 6.04 Å². The van der Waals surface area contributed by atoms with Crippen LogP contribution in [0.1, 0.15) is 32.3 Å². The minimum Gasteiger partial charge on any atom is -0.354 e. The van der Waals surface area contributed by atoms with Gasteiger partial charge in [0, 0.05) is 40.2 Å². The molecule has 0 saturated carbocycles. The molecule has 2 amide bonds. The van der Waals surface area contributed by atoms with E-state index >= 15 is 0 Å². The van der Waals surface area contributed by atoms with Crippen LogP contribution < -0.4 is 5.32 Å². The second-order valence-corrected chi connectivity index (χ2v) is 8.71. The first kappa shape index (κ1) is 23.6. The molecule has 1 atom stereocenters. The first-order chi connectivity index (χ1) is 13.9. The summed E-state index contributed by atoms with van der Waals surface area (Å²) in [6.45, 7) is 4.72. The summed E-state index contributed by atoms with van der Waals surface area (Å²) >= 11 is 13.5. The van der Waals surface area contributed by atoms with Crippen molar-refractivity contribution in [1.82, 2.24) is 10.2 Å². The van der Waals surface area contributed by atoms with E-state index in [2.05, 4.69) is 5.32 Å². The summed E-state index contributed by atoms with van der Waals surface area (Å²) in [4.78, 5) is 28.1. The van der Waals surface area contributed by atoms with Gasteiger partial charge >= 0.3 is 0 Å². The van der Waals surface area contributed by atoms with Crippen LogP contribution in [0.3, 0.4) is 0 Å². The van der Waals surface area contributed by atoms with Crippen molar-refractivity contribution in [2.45, 2.75) is 44.2 Å². The summed E-state index contributed by atoms with van der Waals surface area (Å²) in [5.41, 5.74) is 0.934. The Morgan fingerprint density at radius 3 is 2.21 bits per heavy atom. The minimum atomic E-state index is -0.551. The SMILES string of the molecule is CCCNC(=O)[C@@H](C)N(Cc1ccc(Cl)cc1)C(=O)CCSc1ccc(Cl)cc1. The minimum absolute atomic E-state index is 0.0550. The van der Waals surface area contributed by atoms with Gasteiger partial charge in [0.2, 0.25) is 11.8 Å². The van der Waals surface area contributed by atoms with Gasteiger partial charge in [0.25, 0.3) is 0 Å². The Kier molecular flexibility index (Phi) is 9.85. The van der Waals surface area contributed by atoms with Gasteiger partial charge in [0.15, 0.2) is 0 Å². The van der Waals surface area contributed by atoms with E-state index in [9.17, 15) is 9.59 Å². The maximum absolute atomic E-state index is 13.0. The van der Waals surface area contributed by atoms with Gasteiger partial charge < -0.3 is 10.2 Å². The van der Waals surface area contributed by atoms with Crippen LogP contribution in [0.25, 0.3) is 0 Å². The van der Waals surface area contributed by atoms with Crippen molar-refractivity contribution >= 4 is 46.8 Å². The van der Waals surface area contributed by atoms with Gasteiger partial charge in [-0.3, -0.25) is 9.59 Å². The van der Waals surface area contributed by atoms with Crippen molar-refractivity contribution in [2.75, 3.05) is 12.3 Å². The molecular weight excluding hydrogens is 427 g/mol. The highest BCUT2D eigenvalue weighted by molar-refractivity contribution is 7.99. The third-order valence-electron chi connectivity index (χ3n) is 4.38. The first-order valence-corrected chi connectivity index (χ1v) is 11.3. The van der Waals surface area contributed by atoms with Gasteiger partial charge in [-0.15, -0.1) is 11.8 Å². The molecule has 0 radical (unpaired) electrons. The van der Waals surface area contributed by atoms with E-state index in [1.54, 1.807) is 35.7 Å². The molecule has 29 heavy (non-hydrogen) atoms. The maximum Gasteiger partial charge on any atom is 0.242 e. The number of rotatable bonds is 10. The Labute approximate surface area is 187 Å². The van der Waals surface area contributed by atoms with Crippen LogP contribution in [0.5, 0.6) is 0 Å². The number of benzene rings is 2. The predicted octanol–water partition coefficient (Wildman–Crippen LogP) is 5.42. The van der Waals surface area contributed by atoms with Gasteiger partial charge in [-0.25, -0.2) is 0 Å². The fraction of sp³-hybridized carbons (Fsp3) is 0.364.